The molecule has 0 aliphatic rings. The molecule has 0 aromatic heterocycles. The van der Waals surface area contributed by atoms with E-state index in [2.05, 4.69) is 0 Å². The Balaban J connectivity index is 2.51. The van der Waals surface area contributed by atoms with Gasteiger partial charge in [-0.1, -0.05) is 17.7 Å². The first kappa shape index (κ1) is 20.0. The summed E-state index contributed by atoms with van der Waals surface area (Å²) in [6, 6.07) is 6.36. The zero-order valence-electron chi connectivity index (χ0n) is 13.4. The maximum Gasteiger partial charge on any atom is 0.299 e. The van der Waals surface area contributed by atoms with Gasteiger partial charge in [0.1, 0.15) is 0 Å². The van der Waals surface area contributed by atoms with E-state index in [-0.39, 0.29) is 31.3 Å². The third-order valence-electron chi connectivity index (χ3n) is 2.76. The van der Waals surface area contributed by atoms with Crippen molar-refractivity contribution in [1.82, 2.24) is 0 Å². The molecule has 0 amide bonds. The number of rotatable bonds is 12. The van der Waals surface area contributed by atoms with Crippen LogP contribution in [0.4, 0.5) is 0 Å². The van der Waals surface area contributed by atoms with Gasteiger partial charge >= 0.3 is 0 Å². The normalized spacial score (nSPS) is 13.2. The quantitative estimate of drug-likeness (QED) is 0.343. The average Bonchev–Trinajstić information content (AvgIpc) is 2.51. The summed E-state index contributed by atoms with van der Waals surface area (Å²) in [6.45, 7) is 4.57. The largest absolute Gasteiger partial charge is 0.394 e. The van der Waals surface area contributed by atoms with Gasteiger partial charge in [-0.05, 0) is 26.0 Å². The second kappa shape index (κ2) is 10.7. The Morgan fingerprint density at radius 3 is 2.35 bits per heavy atom. The zero-order valence-corrected chi connectivity index (χ0v) is 14.3. The molecule has 1 atom stereocenters. The van der Waals surface area contributed by atoms with Crippen LogP contribution in [0.3, 0.4) is 0 Å². The van der Waals surface area contributed by atoms with E-state index >= 15 is 0 Å². The number of benzene rings is 1. The summed E-state index contributed by atoms with van der Waals surface area (Å²) in [4.78, 5) is 0.0686. The highest BCUT2D eigenvalue weighted by atomic mass is 32.2. The molecular formula is C15H24O7S. The van der Waals surface area contributed by atoms with Gasteiger partial charge in [-0.15, -0.1) is 0 Å². The molecule has 0 bridgehead atoms. The lowest BCUT2D eigenvalue weighted by atomic mass is 10.2. The van der Waals surface area contributed by atoms with Crippen LogP contribution in [0.5, 0.6) is 0 Å². The number of aryl methyl sites for hydroxylation is 1. The van der Waals surface area contributed by atoms with Crippen molar-refractivity contribution in [1.29, 1.82) is 0 Å². The molecular weight excluding hydrogens is 324 g/mol. The van der Waals surface area contributed by atoms with Crippen LogP contribution < -0.4 is 0 Å². The van der Waals surface area contributed by atoms with E-state index in [1.54, 1.807) is 19.1 Å². The minimum Gasteiger partial charge on any atom is -0.394 e. The molecule has 7 nitrogen and oxygen atoms in total. The number of hydrogen-bond donors (Lipinski definition) is 1. The van der Waals surface area contributed by atoms with Gasteiger partial charge in [0.2, 0.25) is 0 Å². The molecule has 0 fully saturated rings. The summed E-state index contributed by atoms with van der Waals surface area (Å²) in [5.41, 5.74) is 0.955. The molecule has 0 aliphatic carbocycles. The van der Waals surface area contributed by atoms with Crippen molar-refractivity contribution in [3.05, 3.63) is 29.8 Å². The number of hydrogen-bond acceptors (Lipinski definition) is 7. The van der Waals surface area contributed by atoms with E-state index in [0.717, 1.165) is 5.56 Å². The predicted octanol–water partition coefficient (Wildman–Crippen LogP) is 1.09. The molecule has 132 valence electrons. The Labute approximate surface area is 137 Å². The zero-order chi connectivity index (χ0) is 17.1. The smallest absolute Gasteiger partial charge is 0.299 e. The molecule has 1 unspecified atom stereocenters. The molecule has 1 rings (SSSR count). The van der Waals surface area contributed by atoms with E-state index in [1.807, 2.05) is 6.92 Å². The van der Waals surface area contributed by atoms with Crippen LogP contribution in [-0.2, 0) is 28.5 Å². The molecule has 0 heterocycles. The van der Waals surface area contributed by atoms with Crippen molar-refractivity contribution in [3.63, 3.8) is 0 Å². The van der Waals surface area contributed by atoms with E-state index in [1.165, 1.54) is 12.1 Å². The van der Waals surface area contributed by atoms with E-state index in [4.69, 9.17) is 23.5 Å². The first-order valence-electron chi connectivity index (χ1n) is 7.37. The van der Waals surface area contributed by atoms with Gasteiger partial charge in [-0.3, -0.25) is 0 Å². The van der Waals surface area contributed by atoms with E-state index < -0.39 is 16.4 Å². The van der Waals surface area contributed by atoms with Crippen molar-refractivity contribution >= 4 is 10.1 Å². The van der Waals surface area contributed by atoms with Crippen LogP contribution in [0.2, 0.25) is 0 Å². The fraction of sp³-hybridized carbons (Fsp3) is 0.600. The average molecular weight is 348 g/mol. The Hall–Kier alpha value is -1.03. The summed E-state index contributed by atoms with van der Waals surface area (Å²) >= 11 is 0. The Morgan fingerprint density at radius 1 is 1.09 bits per heavy atom. The molecule has 0 aliphatic heterocycles. The fourth-order valence-electron chi connectivity index (χ4n) is 1.66. The van der Waals surface area contributed by atoms with Crippen molar-refractivity contribution in [3.8, 4) is 0 Å². The molecule has 0 radical (unpaired) electrons. The summed E-state index contributed by atoms with van der Waals surface area (Å²) in [6.07, 6.45) is -1.02. The van der Waals surface area contributed by atoms with Crippen LogP contribution in [0.1, 0.15) is 12.5 Å². The number of aliphatic hydroxyl groups excluding tert-OH is 1. The lowest BCUT2D eigenvalue weighted by molar-refractivity contribution is -0.119. The maximum absolute atomic E-state index is 12.2. The maximum atomic E-state index is 12.2. The molecule has 1 aromatic carbocycles. The van der Waals surface area contributed by atoms with Gasteiger partial charge in [0, 0.05) is 6.61 Å². The molecule has 0 saturated carbocycles. The summed E-state index contributed by atoms with van der Waals surface area (Å²) in [5, 5.41) is 8.56. The first-order chi connectivity index (χ1) is 11.0. The van der Waals surface area contributed by atoms with Crippen molar-refractivity contribution in [2.75, 3.05) is 39.6 Å². The van der Waals surface area contributed by atoms with Gasteiger partial charge in [0.05, 0.1) is 37.9 Å². The standard InChI is InChI=1S/C15H24O7S/c1-3-21-15(12-20-11-10-19-9-8-16)22-23(17,18)14-6-4-13(2)5-7-14/h4-7,15-16H,3,8-12H2,1-2H3. The number of aliphatic hydroxyl groups is 1. The van der Waals surface area contributed by atoms with Gasteiger partial charge in [-0.25, -0.2) is 4.18 Å². The molecule has 8 heteroatoms. The Kier molecular flexibility index (Phi) is 9.30. The van der Waals surface area contributed by atoms with Crippen molar-refractivity contribution < 1.29 is 31.9 Å². The van der Waals surface area contributed by atoms with Crippen molar-refractivity contribution in [2.45, 2.75) is 25.0 Å². The monoisotopic (exact) mass is 348 g/mol. The highest BCUT2D eigenvalue weighted by Gasteiger charge is 2.22. The van der Waals surface area contributed by atoms with Crippen LogP contribution in [0.25, 0.3) is 0 Å². The fourth-order valence-corrected chi connectivity index (χ4v) is 2.63. The van der Waals surface area contributed by atoms with Gasteiger partial charge < -0.3 is 19.3 Å². The lowest BCUT2D eigenvalue weighted by Crippen LogP contribution is -2.27. The van der Waals surface area contributed by atoms with Gasteiger partial charge in [-0.2, -0.15) is 8.42 Å². The minimum absolute atomic E-state index is 0.0403. The highest BCUT2D eigenvalue weighted by molar-refractivity contribution is 7.86. The summed E-state index contributed by atoms with van der Waals surface area (Å²) in [7, 11) is -3.92. The Bertz CT molecular complexity index is 527. The predicted molar refractivity (Wildman–Crippen MR) is 83.6 cm³/mol. The first-order valence-corrected chi connectivity index (χ1v) is 8.78. The molecule has 1 N–H and O–H groups in total. The van der Waals surface area contributed by atoms with Crippen LogP contribution in [0.15, 0.2) is 29.2 Å². The van der Waals surface area contributed by atoms with Crippen LogP contribution >= 0.6 is 0 Å². The van der Waals surface area contributed by atoms with E-state index in [9.17, 15) is 8.42 Å². The lowest BCUT2D eigenvalue weighted by Gasteiger charge is -2.17. The minimum atomic E-state index is -3.92. The summed E-state index contributed by atoms with van der Waals surface area (Å²) in [5.74, 6) is 0. The van der Waals surface area contributed by atoms with Crippen LogP contribution in [0, 0.1) is 6.92 Å². The third-order valence-corrected chi connectivity index (χ3v) is 4.08. The third kappa shape index (κ3) is 7.87. The topological polar surface area (TPSA) is 91.3 Å². The Morgan fingerprint density at radius 2 is 1.74 bits per heavy atom. The van der Waals surface area contributed by atoms with Gasteiger partial charge in [0.25, 0.3) is 10.1 Å². The van der Waals surface area contributed by atoms with E-state index in [0.29, 0.717) is 13.2 Å². The summed E-state index contributed by atoms with van der Waals surface area (Å²) < 4.78 is 45.0. The number of ether oxygens (including phenoxy) is 3. The molecule has 0 spiro atoms. The second-order valence-electron chi connectivity index (χ2n) is 4.66. The molecule has 0 saturated heterocycles. The van der Waals surface area contributed by atoms with Gasteiger partial charge in [0.15, 0.2) is 6.29 Å². The molecule has 23 heavy (non-hydrogen) atoms. The van der Waals surface area contributed by atoms with Crippen molar-refractivity contribution in [2.24, 2.45) is 0 Å². The highest BCUT2D eigenvalue weighted by Crippen LogP contribution is 2.15. The SMILES string of the molecule is CCOC(COCCOCCO)OS(=O)(=O)c1ccc(C)cc1. The second-order valence-corrected chi connectivity index (χ2v) is 6.23. The molecule has 1 aromatic rings. The van der Waals surface area contributed by atoms with Crippen LogP contribution in [-0.4, -0.2) is 59.5 Å².